The van der Waals surface area contributed by atoms with Crippen LogP contribution in [0.1, 0.15) is 55.5 Å². The lowest BCUT2D eigenvalue weighted by Crippen LogP contribution is -2.30. The third-order valence-corrected chi connectivity index (χ3v) is 6.99. The molecule has 38 heavy (non-hydrogen) atoms. The number of aryl methyl sites for hydroxylation is 2. The molecule has 1 amide bonds. The topological polar surface area (TPSA) is 70.1 Å². The largest absolute Gasteiger partial charge is 0.507 e. The number of carbonyl (C=O) groups is 2. The van der Waals surface area contributed by atoms with E-state index in [-0.39, 0.29) is 11.3 Å². The molecule has 3 aromatic carbocycles. The zero-order valence-corrected chi connectivity index (χ0v) is 22.8. The van der Waals surface area contributed by atoms with Crippen molar-refractivity contribution >= 4 is 28.8 Å². The lowest BCUT2D eigenvalue weighted by atomic mass is 9.94. The third kappa shape index (κ3) is 5.17. The fraction of sp³-hybridized carbons (Fsp3) is 0.312. The number of Topliss-reactive ketones (excluding diaryl/α,β-unsaturated/α-hetero) is 1. The lowest BCUT2D eigenvalue weighted by molar-refractivity contribution is -0.132. The minimum Gasteiger partial charge on any atom is -0.507 e. The van der Waals surface area contributed by atoms with Crippen LogP contribution in [0.4, 0.5) is 11.4 Å². The Morgan fingerprint density at radius 3 is 2.16 bits per heavy atom. The van der Waals surface area contributed by atoms with Gasteiger partial charge in [0, 0.05) is 30.0 Å². The molecule has 6 nitrogen and oxygen atoms in total. The van der Waals surface area contributed by atoms with E-state index in [1.54, 1.807) is 24.3 Å². The summed E-state index contributed by atoms with van der Waals surface area (Å²) in [5.74, 6) is -0.871. The van der Waals surface area contributed by atoms with E-state index in [1.165, 1.54) is 4.90 Å². The van der Waals surface area contributed by atoms with Crippen LogP contribution in [0.15, 0.2) is 72.3 Å². The molecule has 1 N–H and O–H groups in total. The van der Waals surface area contributed by atoms with Crippen molar-refractivity contribution in [3.8, 4) is 5.75 Å². The first-order chi connectivity index (χ1) is 18.3. The molecule has 1 heterocycles. The summed E-state index contributed by atoms with van der Waals surface area (Å²) >= 11 is 0. The Bertz CT molecular complexity index is 1340. The molecule has 0 saturated carbocycles. The summed E-state index contributed by atoms with van der Waals surface area (Å²) in [7, 11) is 0. The van der Waals surface area contributed by atoms with Gasteiger partial charge in [0.25, 0.3) is 11.7 Å². The fourth-order valence-corrected chi connectivity index (χ4v) is 5.01. The van der Waals surface area contributed by atoms with E-state index >= 15 is 0 Å². The second-order valence-corrected chi connectivity index (χ2v) is 9.60. The van der Waals surface area contributed by atoms with Crippen LogP contribution >= 0.6 is 0 Å². The monoisotopic (exact) mass is 512 g/mol. The number of nitrogens with zero attached hydrogens (tertiary/aromatic N) is 2. The number of benzene rings is 3. The molecule has 0 aromatic heterocycles. The molecule has 1 unspecified atom stereocenters. The molecule has 4 rings (SSSR count). The first-order valence-corrected chi connectivity index (χ1v) is 13.3. The molecule has 1 fully saturated rings. The summed E-state index contributed by atoms with van der Waals surface area (Å²) in [6, 6.07) is 19.9. The van der Waals surface area contributed by atoms with Gasteiger partial charge < -0.3 is 14.7 Å². The zero-order valence-electron chi connectivity index (χ0n) is 22.8. The number of hydrogen-bond acceptors (Lipinski definition) is 5. The molecule has 1 aliphatic rings. The number of ketones is 1. The molecule has 3 aromatic rings. The highest BCUT2D eigenvalue weighted by atomic mass is 16.5. The van der Waals surface area contributed by atoms with Crippen LogP contribution in [0.5, 0.6) is 5.75 Å². The first-order valence-electron chi connectivity index (χ1n) is 13.3. The van der Waals surface area contributed by atoms with Gasteiger partial charge in [-0.15, -0.1) is 0 Å². The number of amides is 1. The maximum absolute atomic E-state index is 13.5. The van der Waals surface area contributed by atoms with Crippen molar-refractivity contribution in [3.05, 3.63) is 94.6 Å². The minimum atomic E-state index is -0.766. The summed E-state index contributed by atoms with van der Waals surface area (Å²) in [4.78, 5) is 30.8. The molecular weight excluding hydrogens is 476 g/mol. The van der Waals surface area contributed by atoms with Crippen molar-refractivity contribution in [2.45, 2.75) is 47.1 Å². The third-order valence-electron chi connectivity index (χ3n) is 6.99. The summed E-state index contributed by atoms with van der Waals surface area (Å²) in [6.07, 6.45) is 0.886. The quantitative estimate of drug-likeness (QED) is 0.200. The van der Waals surface area contributed by atoms with Gasteiger partial charge in [-0.2, -0.15) is 0 Å². The van der Waals surface area contributed by atoms with Crippen molar-refractivity contribution in [1.82, 2.24) is 0 Å². The molecule has 1 aliphatic heterocycles. The van der Waals surface area contributed by atoms with Crippen molar-refractivity contribution in [2.75, 3.05) is 29.5 Å². The number of hydrogen-bond donors (Lipinski definition) is 1. The van der Waals surface area contributed by atoms with Crippen LogP contribution in [0.2, 0.25) is 0 Å². The predicted molar refractivity (Wildman–Crippen MR) is 153 cm³/mol. The van der Waals surface area contributed by atoms with E-state index in [0.717, 1.165) is 41.9 Å². The van der Waals surface area contributed by atoms with Crippen LogP contribution < -0.4 is 14.5 Å². The molecule has 1 saturated heterocycles. The summed E-state index contributed by atoms with van der Waals surface area (Å²) in [6.45, 7) is 12.5. The molecular formula is C32H36N2O4. The Balaban J connectivity index is 1.86. The van der Waals surface area contributed by atoms with Gasteiger partial charge >= 0.3 is 0 Å². The van der Waals surface area contributed by atoms with Crippen molar-refractivity contribution in [2.24, 2.45) is 0 Å². The molecule has 0 aliphatic carbocycles. The van der Waals surface area contributed by atoms with Crippen molar-refractivity contribution in [3.63, 3.8) is 0 Å². The van der Waals surface area contributed by atoms with E-state index in [2.05, 4.69) is 18.7 Å². The lowest BCUT2D eigenvalue weighted by Gasteiger charge is -2.28. The van der Waals surface area contributed by atoms with Crippen LogP contribution in [-0.4, -0.2) is 36.5 Å². The van der Waals surface area contributed by atoms with Crippen LogP contribution in [0.3, 0.4) is 0 Å². The van der Waals surface area contributed by atoms with Crippen LogP contribution in [0, 0.1) is 13.8 Å². The first kappa shape index (κ1) is 27.0. The smallest absolute Gasteiger partial charge is 0.300 e. The van der Waals surface area contributed by atoms with Gasteiger partial charge in [0.1, 0.15) is 11.5 Å². The predicted octanol–water partition coefficient (Wildman–Crippen LogP) is 6.56. The Morgan fingerprint density at radius 1 is 0.921 bits per heavy atom. The van der Waals surface area contributed by atoms with Gasteiger partial charge in [-0.05, 0) is 87.7 Å². The highest BCUT2D eigenvalue weighted by Crippen LogP contribution is 2.43. The van der Waals surface area contributed by atoms with E-state index in [1.807, 2.05) is 63.2 Å². The second-order valence-electron chi connectivity index (χ2n) is 9.60. The number of carbonyl (C=O) groups excluding carboxylic acids is 2. The Kier molecular flexibility index (Phi) is 8.20. The number of anilines is 2. The van der Waals surface area contributed by atoms with Crippen LogP contribution in [-0.2, 0) is 9.59 Å². The average Bonchev–Trinajstić information content (AvgIpc) is 3.18. The van der Waals surface area contributed by atoms with E-state index in [9.17, 15) is 14.7 Å². The van der Waals surface area contributed by atoms with Gasteiger partial charge in [0.15, 0.2) is 0 Å². The minimum absolute atomic E-state index is 0.0767. The maximum atomic E-state index is 13.5. The van der Waals surface area contributed by atoms with E-state index in [0.29, 0.717) is 23.6 Å². The van der Waals surface area contributed by atoms with Gasteiger partial charge in [0.05, 0.1) is 18.2 Å². The van der Waals surface area contributed by atoms with Gasteiger partial charge in [-0.1, -0.05) is 36.8 Å². The summed E-state index contributed by atoms with van der Waals surface area (Å²) in [5, 5.41) is 11.4. The average molecular weight is 513 g/mol. The zero-order chi connectivity index (χ0) is 27.4. The molecule has 0 radical (unpaired) electrons. The molecule has 0 spiro atoms. The standard InChI is InChI=1S/C32H36N2O4/c1-6-19-38-26-16-12-24(13-17-26)30(35)28-29(23-10-14-25(15-11-23)33(7-2)8-3)34(32(37)31(28)36)27-18-9-21(4)20-22(27)5/h9-18,20,29,35H,6-8,19H2,1-5H3/b30-28+. The Hall–Kier alpha value is -4.06. The second kappa shape index (κ2) is 11.5. The normalized spacial score (nSPS) is 16.7. The molecule has 198 valence electrons. The van der Waals surface area contributed by atoms with Gasteiger partial charge in [-0.3, -0.25) is 14.5 Å². The Labute approximate surface area is 225 Å². The van der Waals surface area contributed by atoms with E-state index < -0.39 is 17.7 Å². The number of ether oxygens (including phenoxy) is 1. The number of rotatable bonds is 9. The molecule has 6 heteroatoms. The van der Waals surface area contributed by atoms with Crippen LogP contribution in [0.25, 0.3) is 5.76 Å². The van der Waals surface area contributed by atoms with Gasteiger partial charge in [0.2, 0.25) is 0 Å². The summed E-state index contributed by atoms with van der Waals surface area (Å²) in [5.41, 5.74) is 4.94. The maximum Gasteiger partial charge on any atom is 0.300 e. The molecule has 1 atom stereocenters. The van der Waals surface area contributed by atoms with Crippen molar-refractivity contribution in [1.29, 1.82) is 0 Å². The molecule has 0 bridgehead atoms. The van der Waals surface area contributed by atoms with Crippen molar-refractivity contribution < 1.29 is 19.4 Å². The van der Waals surface area contributed by atoms with Gasteiger partial charge in [-0.25, -0.2) is 0 Å². The highest BCUT2D eigenvalue weighted by molar-refractivity contribution is 6.51. The van der Waals surface area contributed by atoms with E-state index in [4.69, 9.17) is 4.74 Å². The fourth-order valence-electron chi connectivity index (χ4n) is 5.01. The number of aliphatic hydroxyl groups excluding tert-OH is 1. The Morgan fingerprint density at radius 2 is 1.58 bits per heavy atom. The number of aliphatic hydroxyl groups is 1. The highest BCUT2D eigenvalue weighted by Gasteiger charge is 2.47. The SMILES string of the molecule is CCCOc1ccc(/C(O)=C2\C(=O)C(=O)N(c3ccc(C)cc3C)C2c2ccc(N(CC)CC)cc2)cc1. The summed E-state index contributed by atoms with van der Waals surface area (Å²) < 4.78 is 5.66.